The molecule has 22 aromatic rings. The molecule has 0 unspecified atom stereocenters. The predicted octanol–water partition coefficient (Wildman–Crippen LogP) is 31.8. The van der Waals surface area contributed by atoms with Crippen LogP contribution in [0.2, 0.25) is 0 Å². The van der Waals surface area contributed by atoms with E-state index in [1.807, 2.05) is 212 Å². The van der Waals surface area contributed by atoms with Gasteiger partial charge in [0.15, 0.2) is 81.2 Å². The van der Waals surface area contributed by atoms with E-state index in [-0.39, 0.29) is 27.1 Å². The maximum atomic E-state index is 6.06. The Balaban J connectivity index is 0.000000118. The van der Waals surface area contributed by atoms with Crippen molar-refractivity contribution in [2.45, 2.75) is 131 Å². The van der Waals surface area contributed by atoms with Crippen molar-refractivity contribution in [2.75, 3.05) is 0 Å². The summed E-state index contributed by atoms with van der Waals surface area (Å²) in [4.78, 5) is 80.2. The highest BCUT2D eigenvalue weighted by atomic mass is 16.6. The normalized spacial score (nSPS) is 11.7. The van der Waals surface area contributed by atoms with Gasteiger partial charge in [-0.15, -0.1) is 0 Å². The van der Waals surface area contributed by atoms with Crippen LogP contribution in [0.1, 0.15) is 133 Å². The number of hydrogen-bond acceptors (Lipinski definition) is 20. The highest BCUT2D eigenvalue weighted by Crippen LogP contribution is 2.47. The van der Waals surface area contributed by atoms with Crippen LogP contribution in [-0.4, -0.2) is 84.7 Å². The Morgan fingerprint density at radius 3 is 0.745 bits per heavy atom. The molecule has 0 N–H and O–H groups in total. The Hall–Kier alpha value is -18.2. The summed E-state index contributed by atoms with van der Waals surface area (Å²) in [6, 6.07) is 134. The minimum absolute atomic E-state index is 0.182. The van der Waals surface area contributed by atoms with Gasteiger partial charge in [0, 0.05) is 94.7 Å². The Morgan fingerprint density at radius 1 is 0.154 bits per heavy atom. The van der Waals surface area contributed by atoms with E-state index in [0.717, 1.165) is 124 Å². The van der Waals surface area contributed by atoms with Crippen molar-refractivity contribution in [3.63, 3.8) is 0 Å². The summed E-state index contributed by atoms with van der Waals surface area (Å²) in [5, 5.41) is 2.21. The first-order chi connectivity index (χ1) is 71.9. The van der Waals surface area contributed by atoms with E-state index >= 15 is 0 Å². The van der Waals surface area contributed by atoms with Crippen molar-refractivity contribution in [2.24, 2.45) is 0 Å². The molecule has 0 atom stereocenters. The molecule has 0 spiro atoms. The molecule has 0 bridgehead atoms. The van der Waals surface area contributed by atoms with Gasteiger partial charge in [-0.25, -0.2) is 74.8 Å². The van der Waals surface area contributed by atoms with Crippen molar-refractivity contribution >= 4 is 21.9 Å². The van der Waals surface area contributed by atoms with Crippen molar-refractivity contribution < 1.29 is 13.9 Å². The van der Waals surface area contributed by atoms with Gasteiger partial charge < -0.3 is 13.9 Å². The summed E-state index contributed by atoms with van der Waals surface area (Å²) < 4.78 is 18.1. The van der Waals surface area contributed by atoms with Crippen LogP contribution in [0.15, 0.2) is 417 Å². The molecule has 20 nitrogen and oxygen atoms in total. The number of pyridine rings is 2. The van der Waals surface area contributed by atoms with Gasteiger partial charge in [-0.1, -0.05) is 413 Å². The summed E-state index contributed by atoms with van der Waals surface area (Å²) in [6.45, 7) is 31.7. The molecule has 732 valence electrons. The highest BCUT2D eigenvalue weighted by molar-refractivity contribution is 6.06. The first-order valence-corrected chi connectivity index (χ1v) is 49.9. The van der Waals surface area contributed by atoms with Crippen LogP contribution < -0.4 is 9.47 Å². The fourth-order valence-electron chi connectivity index (χ4n) is 16.4. The van der Waals surface area contributed by atoms with E-state index in [1.165, 1.54) is 27.8 Å². The van der Waals surface area contributed by atoms with Crippen LogP contribution >= 0.6 is 0 Å². The lowest BCUT2D eigenvalue weighted by atomic mass is 9.95. The Kier molecular flexibility index (Phi) is 29.0. The van der Waals surface area contributed by atoms with E-state index < -0.39 is 0 Å². The van der Waals surface area contributed by atoms with Crippen LogP contribution in [-0.2, 0) is 27.1 Å². The van der Waals surface area contributed by atoms with Crippen LogP contribution in [0.4, 0.5) is 0 Å². The standard InChI is InChI=1S/2C31H27N3.C25H21N3O2.C25H21N3O.C17H17N5/c1-31(2,3)30-33-28(26-18-10-16-24(20-26)22-12-6-4-7-13-22)32-29(34-30)27-19-11-17-25(21-27)23-14-8-5-9-15-23;1-31(2,3)30-33-28(24-13-8-5-9-14-24)32-29(34-30)25-19-17-23(18-20-25)27-16-10-15-26(21-27)22-11-6-4-7-12-22;1-25(2,3)24-27-22(16-9-5-4-6-10-16)26-23(28-24)17-13-14-20-21(15-17)30-19-12-8-7-11-18(19)29-20;1-25(2,3)24-27-22(16-9-5-4-6-10-16)26-23(28-24)17-13-14-19-18-11-7-8-12-20(18)29-21(19)15-17;1-17(2,3)16-21-14(12-8-4-6-10-18-12)20-15(22-16)13-9-5-7-11-19-13/h2*4-21H,1-3H3;4-15H,1-3H3;4-15H,1-3H3;4-11H,1-3H3. The van der Waals surface area contributed by atoms with Gasteiger partial charge in [0.25, 0.3) is 0 Å². The zero-order valence-corrected chi connectivity index (χ0v) is 86.1. The number of fused-ring (bicyclic) bond motifs is 5. The molecule has 14 aromatic carbocycles. The lowest BCUT2D eigenvalue weighted by Crippen LogP contribution is -2.18. The minimum atomic E-state index is -0.214. The van der Waals surface area contributed by atoms with Gasteiger partial charge in [-0.2, -0.15) is 0 Å². The highest BCUT2D eigenvalue weighted by Gasteiger charge is 2.30. The van der Waals surface area contributed by atoms with Crippen LogP contribution in [0, 0.1) is 0 Å². The molecular formula is C129H113N17O3. The Morgan fingerprint density at radius 2 is 0.389 bits per heavy atom. The van der Waals surface area contributed by atoms with E-state index in [0.29, 0.717) is 81.2 Å². The van der Waals surface area contributed by atoms with Crippen LogP contribution in [0.3, 0.4) is 0 Å². The number of ether oxygens (including phenoxy) is 2. The maximum absolute atomic E-state index is 6.06. The molecule has 8 aromatic heterocycles. The van der Waals surface area contributed by atoms with E-state index in [4.69, 9.17) is 73.7 Å². The number of para-hydroxylation sites is 3. The van der Waals surface area contributed by atoms with Crippen molar-refractivity contribution in [3.05, 3.63) is 442 Å². The molecule has 0 amide bonds. The zero-order chi connectivity index (χ0) is 103. The molecule has 0 saturated heterocycles. The van der Waals surface area contributed by atoms with Gasteiger partial charge in [0.2, 0.25) is 0 Å². The topological polar surface area (TPSA) is 251 Å². The summed E-state index contributed by atoms with van der Waals surface area (Å²) in [7, 11) is 0. The molecule has 23 rings (SSSR count). The molecule has 0 fully saturated rings. The molecule has 1 aliphatic rings. The monoisotopic (exact) mass is 1950 g/mol. The van der Waals surface area contributed by atoms with Crippen LogP contribution in [0.25, 0.3) is 181 Å². The average molecular weight is 1950 g/mol. The first kappa shape index (κ1) is 99.6. The van der Waals surface area contributed by atoms with Gasteiger partial charge >= 0.3 is 0 Å². The third-order valence-corrected chi connectivity index (χ3v) is 24.4. The molecular weight excluding hydrogens is 1840 g/mol. The number of aromatic nitrogens is 17. The maximum Gasteiger partial charge on any atom is 0.182 e. The second-order valence-electron chi connectivity index (χ2n) is 41.3. The molecule has 149 heavy (non-hydrogen) atoms. The summed E-state index contributed by atoms with van der Waals surface area (Å²) >= 11 is 0. The second kappa shape index (κ2) is 43.4. The van der Waals surface area contributed by atoms with Gasteiger partial charge in [0.1, 0.15) is 51.7 Å². The Labute approximate surface area is 869 Å². The number of nitrogens with zero attached hydrogens (tertiary/aromatic N) is 17. The molecule has 1 aliphatic heterocycles. The quantitative estimate of drug-likeness (QED) is 0.0981. The third kappa shape index (κ3) is 24.2. The molecule has 9 heterocycles. The number of benzene rings is 14. The van der Waals surface area contributed by atoms with Crippen LogP contribution in [0.5, 0.6) is 23.0 Å². The van der Waals surface area contributed by atoms with Gasteiger partial charge in [-0.05, 0) is 136 Å². The predicted molar refractivity (Wildman–Crippen MR) is 598 cm³/mol. The summed E-state index contributed by atoms with van der Waals surface area (Å²) in [5.41, 5.74) is 19.2. The van der Waals surface area contributed by atoms with Crippen molar-refractivity contribution in [1.29, 1.82) is 0 Å². The van der Waals surface area contributed by atoms with E-state index in [1.54, 1.807) is 12.4 Å². The molecule has 0 radical (unpaired) electrons. The summed E-state index contributed by atoms with van der Waals surface area (Å²) in [6.07, 6.45) is 3.46. The number of rotatable bonds is 14. The molecule has 20 heteroatoms. The number of furan rings is 1. The smallest absolute Gasteiger partial charge is 0.182 e. The largest absolute Gasteiger partial charge is 0.456 e. The van der Waals surface area contributed by atoms with Crippen molar-refractivity contribution in [1.82, 2.24) is 84.7 Å². The van der Waals surface area contributed by atoms with E-state index in [9.17, 15) is 0 Å². The van der Waals surface area contributed by atoms with Gasteiger partial charge in [0.05, 0.1) is 0 Å². The second-order valence-corrected chi connectivity index (χ2v) is 41.3. The fraction of sp³-hybridized carbons (Fsp3) is 0.155. The first-order valence-electron chi connectivity index (χ1n) is 49.9. The summed E-state index contributed by atoms with van der Waals surface area (Å²) in [5.74, 6) is 13.1. The minimum Gasteiger partial charge on any atom is -0.456 e. The Bertz CT molecular complexity index is 8270. The third-order valence-electron chi connectivity index (χ3n) is 24.4. The van der Waals surface area contributed by atoms with Crippen molar-refractivity contribution in [3.8, 4) is 182 Å². The SMILES string of the molecule is CC(C)(C)c1nc(-c2cccc(-c3ccccc3)c2)nc(-c2cccc(-c3ccccc3)c2)n1.CC(C)(C)c1nc(-c2ccccc2)nc(-c2ccc(-c3cccc(-c4ccccc4)c3)cc2)n1.CC(C)(C)c1nc(-c2ccccc2)nc(-c2ccc3c(c2)Oc2ccccc2O3)n1.CC(C)(C)c1nc(-c2ccccc2)nc(-c2ccc3c(c2)oc2ccccc23)n1.CC(C)(C)c1nc(-c2ccccn2)nc(-c2ccccn2)n1. The number of hydrogen-bond donors (Lipinski definition) is 0. The fourth-order valence-corrected chi connectivity index (χ4v) is 16.4. The van der Waals surface area contributed by atoms with E-state index in [2.05, 4.69) is 317 Å². The average Bonchev–Trinajstić information content (AvgIpc) is 1.61. The zero-order valence-electron chi connectivity index (χ0n) is 86.1. The molecule has 0 aliphatic carbocycles. The lowest BCUT2D eigenvalue weighted by Gasteiger charge is -2.21. The molecule has 0 saturated carbocycles. The lowest BCUT2D eigenvalue weighted by molar-refractivity contribution is 0.360. The van der Waals surface area contributed by atoms with Gasteiger partial charge in [-0.3, -0.25) is 9.97 Å².